The van der Waals surface area contributed by atoms with Crippen LogP contribution in [-0.4, -0.2) is 30.5 Å². The van der Waals surface area contributed by atoms with Crippen molar-refractivity contribution in [2.24, 2.45) is 0 Å². The molecule has 2 atom stereocenters. The first-order valence-electron chi connectivity index (χ1n) is 8.66. The molecule has 2 aromatic rings. The zero-order chi connectivity index (χ0) is 16.9. The molecule has 0 saturated carbocycles. The van der Waals surface area contributed by atoms with Gasteiger partial charge in [-0.1, -0.05) is 42.5 Å². The van der Waals surface area contributed by atoms with Crippen LogP contribution in [0.4, 0.5) is 0 Å². The Morgan fingerprint density at radius 2 is 1.96 bits per heavy atom. The average molecular weight is 323 g/mol. The molecular weight excluding hydrogens is 298 g/mol. The number of aryl methyl sites for hydroxylation is 1. The first-order chi connectivity index (χ1) is 11.7. The number of benzene rings is 2. The molecule has 0 spiro atoms. The number of rotatable bonds is 5. The van der Waals surface area contributed by atoms with E-state index in [9.17, 15) is 4.79 Å². The maximum Gasteiger partial charge on any atom is 0.223 e. The number of hydrogen-bond donors (Lipinski definition) is 0. The molecule has 24 heavy (non-hydrogen) atoms. The Balaban J connectivity index is 1.59. The molecule has 3 rings (SSSR count). The van der Waals surface area contributed by atoms with E-state index in [1.54, 1.807) is 7.11 Å². The summed E-state index contributed by atoms with van der Waals surface area (Å²) in [7, 11) is 1.67. The smallest absolute Gasteiger partial charge is 0.223 e. The molecule has 1 amide bonds. The van der Waals surface area contributed by atoms with Crippen molar-refractivity contribution in [1.29, 1.82) is 0 Å². The maximum atomic E-state index is 12.7. The fraction of sp³-hybridized carbons (Fsp3) is 0.381. The number of hydrogen-bond acceptors (Lipinski definition) is 2. The summed E-state index contributed by atoms with van der Waals surface area (Å²) in [6.45, 7) is 3.03. The molecule has 1 heterocycles. The third-order valence-corrected chi connectivity index (χ3v) is 5.06. The van der Waals surface area contributed by atoms with E-state index in [0.29, 0.717) is 12.3 Å². The van der Waals surface area contributed by atoms with Gasteiger partial charge in [0.15, 0.2) is 0 Å². The third-order valence-electron chi connectivity index (χ3n) is 5.06. The second kappa shape index (κ2) is 7.52. The largest absolute Gasteiger partial charge is 0.497 e. The summed E-state index contributed by atoms with van der Waals surface area (Å²) in [6.07, 6.45) is 2.37. The van der Waals surface area contributed by atoms with E-state index in [4.69, 9.17) is 4.74 Å². The lowest BCUT2D eigenvalue weighted by Crippen LogP contribution is -2.35. The standard InChI is InChI=1S/C21H25NO2/c1-16-20(18-8-4-3-5-9-18)13-14-22(16)21(23)12-11-17-7-6-10-19(15-17)24-2/h3-10,15-16,20H,11-14H2,1-2H3/t16-,20-/m0/s1. The lowest BCUT2D eigenvalue weighted by molar-refractivity contribution is -0.131. The van der Waals surface area contributed by atoms with Gasteiger partial charge in [-0.3, -0.25) is 4.79 Å². The summed E-state index contributed by atoms with van der Waals surface area (Å²) in [5.41, 5.74) is 2.49. The Labute approximate surface area is 144 Å². The van der Waals surface area contributed by atoms with Gasteiger partial charge >= 0.3 is 0 Å². The molecule has 0 bridgehead atoms. The molecule has 1 aliphatic heterocycles. The van der Waals surface area contributed by atoms with Crippen molar-refractivity contribution < 1.29 is 9.53 Å². The second-order valence-corrected chi connectivity index (χ2v) is 6.49. The minimum atomic E-state index is 0.253. The summed E-state index contributed by atoms with van der Waals surface area (Å²) in [5, 5.41) is 0. The zero-order valence-electron chi connectivity index (χ0n) is 14.4. The average Bonchev–Trinajstić information content (AvgIpc) is 3.02. The highest BCUT2D eigenvalue weighted by Gasteiger charge is 2.34. The van der Waals surface area contributed by atoms with E-state index < -0.39 is 0 Å². The minimum absolute atomic E-state index is 0.253. The van der Waals surface area contributed by atoms with E-state index in [-0.39, 0.29) is 11.9 Å². The second-order valence-electron chi connectivity index (χ2n) is 6.49. The van der Waals surface area contributed by atoms with Gasteiger partial charge in [0, 0.05) is 24.9 Å². The van der Waals surface area contributed by atoms with Crippen LogP contribution in [0.3, 0.4) is 0 Å². The van der Waals surface area contributed by atoms with E-state index in [0.717, 1.165) is 30.7 Å². The van der Waals surface area contributed by atoms with E-state index >= 15 is 0 Å². The molecule has 0 N–H and O–H groups in total. The molecule has 126 valence electrons. The van der Waals surface area contributed by atoms with Crippen LogP contribution in [0.2, 0.25) is 0 Å². The van der Waals surface area contributed by atoms with Gasteiger partial charge in [0.2, 0.25) is 5.91 Å². The number of likely N-dealkylation sites (tertiary alicyclic amines) is 1. The molecule has 0 aromatic heterocycles. The highest BCUT2D eigenvalue weighted by molar-refractivity contribution is 5.77. The highest BCUT2D eigenvalue weighted by atomic mass is 16.5. The molecule has 0 aliphatic carbocycles. The first-order valence-corrected chi connectivity index (χ1v) is 8.66. The molecule has 1 saturated heterocycles. The van der Waals surface area contributed by atoms with Gasteiger partial charge in [0.25, 0.3) is 0 Å². The van der Waals surface area contributed by atoms with Gasteiger partial charge < -0.3 is 9.64 Å². The summed E-state index contributed by atoms with van der Waals surface area (Å²) >= 11 is 0. The Morgan fingerprint density at radius 1 is 1.17 bits per heavy atom. The Bertz CT molecular complexity index is 683. The summed E-state index contributed by atoms with van der Waals surface area (Å²) in [4.78, 5) is 14.7. The number of amides is 1. The summed E-state index contributed by atoms with van der Waals surface area (Å²) in [5.74, 6) is 1.55. The van der Waals surface area contributed by atoms with Crippen molar-refractivity contribution in [2.75, 3.05) is 13.7 Å². The number of nitrogens with zero attached hydrogens (tertiary/aromatic N) is 1. The lowest BCUT2D eigenvalue weighted by Gasteiger charge is -2.25. The molecule has 0 radical (unpaired) electrons. The predicted octanol–water partition coefficient (Wildman–Crippen LogP) is 4.03. The fourth-order valence-corrected chi connectivity index (χ4v) is 3.66. The van der Waals surface area contributed by atoms with Gasteiger partial charge in [-0.2, -0.15) is 0 Å². The van der Waals surface area contributed by atoms with Crippen molar-refractivity contribution >= 4 is 5.91 Å². The van der Waals surface area contributed by atoms with E-state index in [2.05, 4.69) is 42.2 Å². The maximum absolute atomic E-state index is 12.7. The minimum Gasteiger partial charge on any atom is -0.497 e. The van der Waals surface area contributed by atoms with Crippen LogP contribution in [-0.2, 0) is 11.2 Å². The Morgan fingerprint density at radius 3 is 2.71 bits per heavy atom. The van der Waals surface area contributed by atoms with E-state index in [1.165, 1.54) is 5.56 Å². The van der Waals surface area contributed by atoms with Crippen molar-refractivity contribution in [3.8, 4) is 5.75 Å². The zero-order valence-corrected chi connectivity index (χ0v) is 14.4. The van der Waals surface area contributed by atoms with Gasteiger partial charge in [-0.05, 0) is 43.0 Å². The third kappa shape index (κ3) is 3.61. The molecule has 1 fully saturated rings. The highest BCUT2D eigenvalue weighted by Crippen LogP contribution is 2.33. The van der Waals surface area contributed by atoms with Crippen LogP contribution in [0.5, 0.6) is 5.75 Å². The number of ether oxygens (including phenoxy) is 1. The normalized spacial score (nSPS) is 20.2. The summed E-state index contributed by atoms with van der Waals surface area (Å²) in [6, 6.07) is 18.8. The van der Waals surface area contributed by atoms with Gasteiger partial charge in [-0.15, -0.1) is 0 Å². The van der Waals surface area contributed by atoms with Crippen molar-refractivity contribution in [2.45, 2.75) is 38.1 Å². The number of carbonyl (C=O) groups is 1. The van der Waals surface area contributed by atoms with Crippen molar-refractivity contribution in [1.82, 2.24) is 4.90 Å². The van der Waals surface area contributed by atoms with Crippen molar-refractivity contribution in [3.05, 3.63) is 65.7 Å². The molecule has 3 nitrogen and oxygen atoms in total. The molecule has 3 heteroatoms. The quantitative estimate of drug-likeness (QED) is 0.831. The Hall–Kier alpha value is -2.29. The topological polar surface area (TPSA) is 29.5 Å². The summed E-state index contributed by atoms with van der Waals surface area (Å²) < 4.78 is 5.25. The van der Waals surface area contributed by atoms with Crippen LogP contribution in [0.15, 0.2) is 54.6 Å². The number of carbonyl (C=O) groups excluding carboxylic acids is 1. The monoisotopic (exact) mass is 323 g/mol. The van der Waals surface area contributed by atoms with Crippen LogP contribution in [0.1, 0.15) is 36.8 Å². The van der Waals surface area contributed by atoms with Crippen LogP contribution in [0, 0.1) is 0 Å². The molecular formula is C21H25NO2. The number of methoxy groups -OCH3 is 1. The SMILES string of the molecule is COc1cccc(CCC(=O)N2CC[C@H](c3ccccc3)[C@@H]2C)c1. The van der Waals surface area contributed by atoms with Crippen molar-refractivity contribution in [3.63, 3.8) is 0 Å². The molecule has 1 aliphatic rings. The molecule has 0 unspecified atom stereocenters. The van der Waals surface area contributed by atoms with Crippen LogP contribution >= 0.6 is 0 Å². The predicted molar refractivity (Wildman–Crippen MR) is 96.3 cm³/mol. The fourth-order valence-electron chi connectivity index (χ4n) is 3.66. The lowest BCUT2D eigenvalue weighted by atomic mass is 9.93. The Kier molecular flexibility index (Phi) is 5.19. The van der Waals surface area contributed by atoms with Crippen LogP contribution in [0.25, 0.3) is 0 Å². The molecule has 2 aromatic carbocycles. The van der Waals surface area contributed by atoms with Crippen LogP contribution < -0.4 is 4.74 Å². The van der Waals surface area contributed by atoms with E-state index in [1.807, 2.05) is 24.3 Å². The van der Waals surface area contributed by atoms with Gasteiger partial charge in [0.05, 0.1) is 7.11 Å². The van der Waals surface area contributed by atoms with Gasteiger partial charge in [0.1, 0.15) is 5.75 Å². The first kappa shape index (κ1) is 16.6. The van der Waals surface area contributed by atoms with Gasteiger partial charge in [-0.25, -0.2) is 0 Å².